The van der Waals surface area contributed by atoms with E-state index in [1.807, 2.05) is 0 Å². The number of carbonyl (C=O) groups is 7. The maximum atomic E-state index is 14.7. The molecule has 7 amide bonds. The second-order valence-electron chi connectivity index (χ2n) is 17.1. The van der Waals surface area contributed by atoms with Crippen molar-refractivity contribution in [2.75, 3.05) is 39.4 Å². The number of hydrogen-bond donors (Lipinski definition) is 13. The number of benzene rings is 1. The first-order chi connectivity index (χ1) is 32.2. The molecule has 4 aliphatic rings. The number of phenolic OH excluding ortho intramolecular Hbond substituents is 1. The molecule has 0 radical (unpaired) electrons. The molecule has 14 N–H and O–H groups in total. The SMILES string of the molecule is C[C@H](O)[C@@H]1NC(=O)[C@@H](N)C[C@H](O)CNC(=O)[C@@H]2[C@@H](O)[C@H](C)CN2C(=O)[C@H]([C@H](O)CCN2C(=O)OCC2CO)NC(=O)[C@H]([C@H](O)Cc2ccc(O)c(OSOO[O-])c2)NC(=O)[C@@H]2C[C@H](O)CN2C1=O.[Na+]. The van der Waals surface area contributed by atoms with Crippen LogP contribution in [0, 0.1) is 5.92 Å². The first-order valence-corrected chi connectivity index (χ1v) is 22.1. The molecule has 69 heavy (non-hydrogen) atoms. The van der Waals surface area contributed by atoms with Gasteiger partial charge in [0.2, 0.25) is 35.4 Å². The van der Waals surface area contributed by atoms with E-state index in [2.05, 4.69) is 30.6 Å². The first-order valence-electron chi connectivity index (χ1n) is 21.5. The van der Waals surface area contributed by atoms with E-state index in [9.17, 15) is 79.7 Å². The summed E-state index contributed by atoms with van der Waals surface area (Å²) in [5.74, 6) is -8.52. The Morgan fingerprint density at radius 2 is 1.55 bits per heavy atom. The van der Waals surface area contributed by atoms with Crippen molar-refractivity contribution in [2.45, 2.75) is 118 Å². The zero-order valence-electron chi connectivity index (χ0n) is 37.7. The average molecular weight is 1010 g/mol. The molecule has 4 heterocycles. The Balaban J connectivity index is 0.0000104. The van der Waals surface area contributed by atoms with Crippen LogP contribution in [0.5, 0.6) is 11.5 Å². The van der Waals surface area contributed by atoms with Crippen LogP contribution in [0.25, 0.3) is 0 Å². The van der Waals surface area contributed by atoms with E-state index in [4.69, 9.17) is 14.7 Å². The number of nitrogens with one attached hydrogen (secondary N) is 4. The van der Waals surface area contributed by atoms with E-state index in [1.165, 1.54) is 13.0 Å². The van der Waals surface area contributed by atoms with Gasteiger partial charge in [0.1, 0.15) is 36.8 Å². The number of phenols is 1. The third kappa shape index (κ3) is 14.3. The predicted octanol–water partition coefficient (Wildman–Crippen LogP) is -10.8. The van der Waals surface area contributed by atoms with E-state index >= 15 is 0 Å². The van der Waals surface area contributed by atoms with Crippen molar-refractivity contribution in [3.63, 3.8) is 0 Å². The van der Waals surface area contributed by atoms with Gasteiger partial charge in [-0.15, -0.1) is 4.33 Å². The molecular formula is C39H57N8NaO20S. The smallest absolute Gasteiger partial charge is 0.691 e. The summed E-state index contributed by atoms with van der Waals surface area (Å²) in [7, 11) is 0. The zero-order valence-corrected chi connectivity index (χ0v) is 40.5. The van der Waals surface area contributed by atoms with Gasteiger partial charge >= 0.3 is 35.7 Å². The quantitative estimate of drug-likeness (QED) is 0.0287. The number of rotatable bonds is 13. The van der Waals surface area contributed by atoms with E-state index in [0.29, 0.717) is 0 Å². The van der Waals surface area contributed by atoms with Gasteiger partial charge in [0.25, 0.3) is 12.3 Å². The second kappa shape index (κ2) is 25.8. The van der Waals surface area contributed by atoms with Gasteiger partial charge in [0.05, 0.1) is 55.3 Å². The Hall–Kier alpha value is -4.18. The summed E-state index contributed by atoms with van der Waals surface area (Å²) < 4.78 is 14.1. The molecule has 5 rings (SSSR count). The summed E-state index contributed by atoms with van der Waals surface area (Å²) in [6.45, 7) is 0.0792. The molecule has 0 bridgehead atoms. The van der Waals surface area contributed by atoms with Crippen molar-refractivity contribution in [2.24, 2.45) is 11.7 Å². The maximum Gasteiger partial charge on any atom is 1.00 e. The first kappa shape index (κ1) is 57.4. The Morgan fingerprint density at radius 1 is 0.884 bits per heavy atom. The molecule has 1 unspecified atom stereocenters. The van der Waals surface area contributed by atoms with Crippen molar-refractivity contribution in [1.29, 1.82) is 0 Å². The number of nitrogens with two attached hydrogens (primary N) is 1. The molecule has 380 valence electrons. The minimum Gasteiger partial charge on any atom is -0.691 e. The standard InChI is InChI=1S/C39H58N8O20S.Na/c1-16-12-47-31(32(16)55)36(59)41-11-20(50)9-22(40)33(56)42-28(17(2)49)37(60)46-13-21(51)10-23(46)34(57)43-29(26(54)7-18-3-4-24(52)27(8-18)65-68-67-66-63)35(58)44-30(38(47)61)25(53)5-6-45-19(14-48)15-64-39(45)62;/h3-4,8,16-17,19-23,25-26,28-32,48-55,63H,5-7,9-15,40H2,1-2H3,(H,41,59)(H,42,56)(H,43,57)(H,44,58);/q;+1/p-1/t16-,17+,19?,20+,21+,22+,23+,25-,26-,28+,29+,30+,31+,32+;/m1./s1. The molecule has 4 saturated heterocycles. The fraction of sp³-hybridized carbons (Fsp3) is 0.667. The molecule has 4 aliphatic heterocycles. The largest absolute Gasteiger partial charge is 1.00 e. The fourth-order valence-electron chi connectivity index (χ4n) is 8.35. The van der Waals surface area contributed by atoms with Gasteiger partial charge in [-0.1, -0.05) is 13.0 Å². The monoisotopic (exact) mass is 1010 g/mol. The number of hydrogen-bond acceptors (Lipinski definition) is 22. The van der Waals surface area contributed by atoms with E-state index < -0.39 is 178 Å². The number of carbonyl (C=O) groups excluding carboxylic acids is 7. The van der Waals surface area contributed by atoms with Crippen molar-refractivity contribution in [1.82, 2.24) is 36.0 Å². The third-order valence-electron chi connectivity index (χ3n) is 12.1. The molecule has 30 heteroatoms. The molecule has 0 aliphatic carbocycles. The van der Waals surface area contributed by atoms with Crippen LogP contribution < -0.4 is 66.0 Å². The molecule has 28 nitrogen and oxygen atoms in total. The topological polar surface area (TPSA) is 425 Å². The molecule has 14 atom stereocenters. The van der Waals surface area contributed by atoms with Gasteiger partial charge in [-0.05, 0) is 37.5 Å². The van der Waals surface area contributed by atoms with Gasteiger partial charge in [-0.3, -0.25) is 38.7 Å². The van der Waals surface area contributed by atoms with Crippen molar-refractivity contribution >= 4 is 53.9 Å². The van der Waals surface area contributed by atoms with E-state index in [-0.39, 0.29) is 72.9 Å². The van der Waals surface area contributed by atoms with Gasteiger partial charge < -0.3 is 91.8 Å². The van der Waals surface area contributed by atoms with Crippen LogP contribution in [-0.2, 0) is 49.3 Å². The Bertz CT molecular complexity index is 2000. The summed E-state index contributed by atoms with van der Waals surface area (Å²) in [5.41, 5.74) is 6.14. The predicted molar refractivity (Wildman–Crippen MR) is 224 cm³/mol. The summed E-state index contributed by atoms with van der Waals surface area (Å²) in [6, 6.07) is -8.28. The molecule has 1 aromatic carbocycles. The van der Waals surface area contributed by atoms with Crippen LogP contribution >= 0.6 is 12.3 Å². The van der Waals surface area contributed by atoms with Crippen LogP contribution in [0.4, 0.5) is 4.79 Å². The maximum absolute atomic E-state index is 14.7. The van der Waals surface area contributed by atoms with Crippen molar-refractivity contribution in [3.05, 3.63) is 23.8 Å². The van der Waals surface area contributed by atoms with Crippen LogP contribution in [0.1, 0.15) is 38.7 Å². The van der Waals surface area contributed by atoms with E-state index in [1.54, 1.807) is 0 Å². The number of β-amino-alcohol motifs (C(OH)–C–C–N with tert-alkyl or cyclic N) is 1. The Labute approximate surface area is 420 Å². The second-order valence-corrected chi connectivity index (χ2v) is 17.5. The number of cyclic esters (lactones) is 1. The number of aliphatic hydroxyl groups excluding tert-OH is 7. The number of amides is 7. The third-order valence-corrected chi connectivity index (χ3v) is 12.4. The van der Waals surface area contributed by atoms with Crippen LogP contribution in [0.3, 0.4) is 0 Å². The molecule has 0 saturated carbocycles. The summed E-state index contributed by atoms with van der Waals surface area (Å²) in [6.07, 6.45) is -13.0. The van der Waals surface area contributed by atoms with Gasteiger partial charge in [-0.2, -0.15) is 0 Å². The number of ether oxygens (including phenoxy) is 1. The van der Waals surface area contributed by atoms with Crippen LogP contribution in [0.2, 0.25) is 0 Å². The summed E-state index contributed by atoms with van der Waals surface area (Å²) >= 11 is 0.00783. The van der Waals surface area contributed by atoms with Gasteiger partial charge in [-0.25, -0.2) is 4.79 Å². The minimum atomic E-state index is -2.14. The molecule has 0 aromatic heterocycles. The number of fused-ring (bicyclic) bond motifs is 2. The Morgan fingerprint density at radius 3 is 2.22 bits per heavy atom. The van der Waals surface area contributed by atoms with Crippen molar-refractivity contribution < 1.29 is 128 Å². The Kier molecular flexibility index (Phi) is 21.5. The van der Waals surface area contributed by atoms with E-state index in [0.717, 1.165) is 33.8 Å². The molecular weight excluding hydrogens is 956 g/mol. The minimum absolute atomic E-state index is 0. The fourth-order valence-corrected chi connectivity index (χ4v) is 8.60. The van der Waals surface area contributed by atoms with Gasteiger partial charge in [0, 0.05) is 44.9 Å². The number of nitrogens with zero attached hydrogens (tertiary/aromatic N) is 3. The summed E-state index contributed by atoms with van der Waals surface area (Å²) in [5, 5.41) is 110. The van der Waals surface area contributed by atoms with Crippen LogP contribution in [-0.4, -0.2) is 215 Å². The average Bonchev–Trinajstić information content (AvgIpc) is 3.97. The molecule has 1 aromatic rings. The number of aromatic hydroxyl groups is 1. The zero-order chi connectivity index (χ0) is 50.1. The normalized spacial score (nSPS) is 31.2. The number of aliphatic hydroxyl groups is 7. The van der Waals surface area contributed by atoms with Crippen molar-refractivity contribution in [3.8, 4) is 11.5 Å². The molecule has 0 spiro atoms. The van der Waals surface area contributed by atoms with Crippen LogP contribution in [0.15, 0.2) is 18.2 Å². The molecule has 4 fully saturated rings. The summed E-state index contributed by atoms with van der Waals surface area (Å²) in [4.78, 5) is 99.8. The van der Waals surface area contributed by atoms with Gasteiger partial charge in [0.15, 0.2) is 11.5 Å².